The Kier molecular flexibility index (Phi) is 7.95. The molecule has 0 spiro atoms. The van der Waals surface area contributed by atoms with E-state index in [1.54, 1.807) is 11.7 Å². The SMILES string of the molecule is CC(=O)NC(CC(=O)Nc1nc(C2CCNCC2)nn1C)c1ccccc1.Cl. The fourth-order valence-electron chi connectivity index (χ4n) is 3.31. The van der Waals surface area contributed by atoms with Crippen molar-refractivity contribution in [3.8, 4) is 0 Å². The number of halogens is 1. The van der Waals surface area contributed by atoms with Crippen LogP contribution in [0.1, 0.15) is 49.5 Å². The van der Waals surface area contributed by atoms with E-state index in [1.165, 1.54) is 6.92 Å². The molecule has 1 unspecified atom stereocenters. The zero-order valence-corrected chi connectivity index (χ0v) is 17.0. The summed E-state index contributed by atoms with van der Waals surface area (Å²) in [4.78, 5) is 28.6. The first-order valence-corrected chi connectivity index (χ1v) is 9.26. The summed E-state index contributed by atoms with van der Waals surface area (Å²) in [7, 11) is 1.77. The summed E-state index contributed by atoms with van der Waals surface area (Å²) < 4.78 is 1.60. The highest BCUT2D eigenvalue weighted by molar-refractivity contribution is 5.90. The number of nitrogens with one attached hydrogen (secondary N) is 3. The number of anilines is 1. The highest BCUT2D eigenvalue weighted by atomic mass is 35.5. The second kappa shape index (κ2) is 10.2. The predicted octanol–water partition coefficient (Wildman–Crippen LogP) is 1.91. The molecule has 2 amide bonds. The van der Waals surface area contributed by atoms with Crippen molar-refractivity contribution < 1.29 is 9.59 Å². The zero-order chi connectivity index (χ0) is 19.2. The minimum absolute atomic E-state index is 0. The Labute approximate surface area is 170 Å². The van der Waals surface area contributed by atoms with Crippen LogP contribution in [0.4, 0.5) is 5.95 Å². The molecule has 2 aromatic rings. The molecule has 1 saturated heterocycles. The van der Waals surface area contributed by atoms with Crippen LogP contribution in [0.2, 0.25) is 0 Å². The summed E-state index contributed by atoms with van der Waals surface area (Å²) in [5.74, 6) is 1.13. The highest BCUT2D eigenvalue weighted by Gasteiger charge is 2.22. The Hall–Kier alpha value is -2.45. The van der Waals surface area contributed by atoms with Gasteiger partial charge in [0.1, 0.15) is 0 Å². The third-order valence-corrected chi connectivity index (χ3v) is 4.70. The van der Waals surface area contributed by atoms with Crippen LogP contribution in [0.3, 0.4) is 0 Å². The Morgan fingerprint density at radius 2 is 1.93 bits per heavy atom. The highest BCUT2D eigenvalue weighted by Crippen LogP contribution is 2.23. The number of carbonyl (C=O) groups excluding carboxylic acids is 2. The maximum atomic E-state index is 12.6. The average Bonchev–Trinajstić information content (AvgIpc) is 3.03. The van der Waals surface area contributed by atoms with Crippen LogP contribution in [0.25, 0.3) is 0 Å². The summed E-state index contributed by atoms with van der Waals surface area (Å²) in [6, 6.07) is 9.07. The van der Waals surface area contributed by atoms with Gasteiger partial charge in [-0.2, -0.15) is 10.1 Å². The van der Waals surface area contributed by atoms with E-state index in [0.717, 1.165) is 37.3 Å². The van der Waals surface area contributed by atoms with Crippen molar-refractivity contribution in [2.75, 3.05) is 18.4 Å². The molecule has 1 aliphatic rings. The second-order valence-corrected chi connectivity index (χ2v) is 6.86. The van der Waals surface area contributed by atoms with Crippen LogP contribution in [-0.2, 0) is 16.6 Å². The molecule has 8 nitrogen and oxygen atoms in total. The monoisotopic (exact) mass is 406 g/mol. The summed E-state index contributed by atoms with van der Waals surface area (Å²) in [6.45, 7) is 3.36. The van der Waals surface area contributed by atoms with Gasteiger partial charge >= 0.3 is 0 Å². The standard InChI is InChI=1S/C19H26N6O2.ClH/c1-13(26)21-16(14-6-4-3-5-7-14)12-17(27)22-19-23-18(24-25(19)2)15-8-10-20-11-9-15;/h3-7,15-16,20H,8-12H2,1-2H3,(H,21,26)(H,22,23,24,27);1H. The minimum atomic E-state index is -0.388. The lowest BCUT2D eigenvalue weighted by Crippen LogP contribution is -2.30. The van der Waals surface area contributed by atoms with Gasteiger partial charge in [-0.3, -0.25) is 14.9 Å². The van der Waals surface area contributed by atoms with Crippen molar-refractivity contribution >= 4 is 30.2 Å². The van der Waals surface area contributed by atoms with E-state index in [0.29, 0.717) is 11.9 Å². The number of nitrogens with zero attached hydrogens (tertiary/aromatic N) is 3. The summed E-state index contributed by atoms with van der Waals surface area (Å²) >= 11 is 0. The van der Waals surface area contributed by atoms with Gasteiger partial charge in [0.2, 0.25) is 17.8 Å². The van der Waals surface area contributed by atoms with Gasteiger partial charge in [-0.1, -0.05) is 30.3 Å². The van der Waals surface area contributed by atoms with Crippen LogP contribution in [0, 0.1) is 0 Å². The van der Waals surface area contributed by atoms with E-state index in [-0.39, 0.29) is 36.7 Å². The van der Waals surface area contributed by atoms with Crippen LogP contribution in [0.15, 0.2) is 30.3 Å². The number of hydrogen-bond donors (Lipinski definition) is 3. The molecule has 3 rings (SSSR count). The van der Waals surface area contributed by atoms with Crippen molar-refractivity contribution in [2.45, 2.75) is 38.1 Å². The Morgan fingerprint density at radius 3 is 2.57 bits per heavy atom. The smallest absolute Gasteiger partial charge is 0.229 e. The number of piperidine rings is 1. The maximum absolute atomic E-state index is 12.6. The Bertz CT molecular complexity index is 789. The van der Waals surface area contributed by atoms with Crippen LogP contribution in [0.5, 0.6) is 0 Å². The number of aromatic nitrogens is 3. The van der Waals surface area contributed by atoms with E-state index in [4.69, 9.17) is 0 Å². The summed E-state index contributed by atoms with van der Waals surface area (Å²) in [6.07, 6.45) is 2.12. The van der Waals surface area contributed by atoms with Crippen LogP contribution in [-0.4, -0.2) is 39.7 Å². The van der Waals surface area contributed by atoms with Crippen molar-refractivity contribution in [1.29, 1.82) is 0 Å². The van der Waals surface area contributed by atoms with Crippen molar-refractivity contribution in [1.82, 2.24) is 25.4 Å². The normalized spacial score (nSPS) is 15.4. The molecule has 1 aliphatic heterocycles. The zero-order valence-electron chi connectivity index (χ0n) is 16.1. The van der Waals surface area contributed by atoms with Gasteiger partial charge in [-0.25, -0.2) is 4.68 Å². The minimum Gasteiger partial charge on any atom is -0.349 e. The van der Waals surface area contributed by atoms with Gasteiger partial charge in [0.15, 0.2) is 5.82 Å². The number of hydrogen-bond acceptors (Lipinski definition) is 5. The van der Waals surface area contributed by atoms with Gasteiger partial charge in [0.05, 0.1) is 12.5 Å². The largest absolute Gasteiger partial charge is 0.349 e. The molecule has 0 radical (unpaired) electrons. The van der Waals surface area contributed by atoms with Crippen molar-refractivity contribution in [2.24, 2.45) is 7.05 Å². The van der Waals surface area contributed by atoms with Gasteiger partial charge in [0, 0.05) is 19.9 Å². The predicted molar refractivity (Wildman–Crippen MR) is 109 cm³/mol. The van der Waals surface area contributed by atoms with E-state index >= 15 is 0 Å². The van der Waals surface area contributed by atoms with E-state index < -0.39 is 0 Å². The second-order valence-electron chi connectivity index (χ2n) is 6.86. The third-order valence-electron chi connectivity index (χ3n) is 4.70. The van der Waals surface area contributed by atoms with Gasteiger partial charge in [0.25, 0.3) is 0 Å². The molecule has 9 heteroatoms. The fraction of sp³-hybridized carbons (Fsp3) is 0.474. The van der Waals surface area contributed by atoms with Gasteiger partial charge < -0.3 is 10.6 Å². The number of amides is 2. The molecule has 1 aromatic heterocycles. The molecule has 1 fully saturated rings. The number of carbonyl (C=O) groups is 2. The van der Waals surface area contributed by atoms with Crippen molar-refractivity contribution in [3.63, 3.8) is 0 Å². The van der Waals surface area contributed by atoms with Gasteiger partial charge in [-0.05, 0) is 31.5 Å². The third kappa shape index (κ3) is 5.77. The average molecular weight is 407 g/mol. The number of rotatable bonds is 6. The fourth-order valence-corrected chi connectivity index (χ4v) is 3.31. The molecule has 0 aliphatic carbocycles. The molecule has 1 atom stereocenters. The lowest BCUT2D eigenvalue weighted by molar-refractivity contribution is -0.120. The molecule has 28 heavy (non-hydrogen) atoms. The molecule has 0 bridgehead atoms. The van der Waals surface area contributed by atoms with Crippen molar-refractivity contribution in [3.05, 3.63) is 41.7 Å². The molecular formula is C19H27ClN6O2. The molecule has 152 valence electrons. The van der Waals surface area contributed by atoms with Crippen LogP contribution < -0.4 is 16.0 Å². The first-order chi connectivity index (χ1) is 13.0. The van der Waals surface area contributed by atoms with E-state index in [1.807, 2.05) is 30.3 Å². The molecule has 3 N–H and O–H groups in total. The van der Waals surface area contributed by atoms with Gasteiger partial charge in [-0.15, -0.1) is 12.4 Å². The number of benzene rings is 1. The summed E-state index contributed by atoms with van der Waals surface area (Å²) in [5.41, 5.74) is 0.885. The number of aryl methyl sites for hydroxylation is 1. The summed E-state index contributed by atoms with van der Waals surface area (Å²) in [5, 5.41) is 13.5. The lowest BCUT2D eigenvalue weighted by atomic mass is 9.98. The Balaban J connectivity index is 0.00000280. The lowest BCUT2D eigenvalue weighted by Gasteiger charge is -2.19. The van der Waals surface area contributed by atoms with E-state index in [2.05, 4.69) is 26.0 Å². The Morgan fingerprint density at radius 1 is 1.25 bits per heavy atom. The molecule has 2 heterocycles. The first kappa shape index (κ1) is 21.8. The maximum Gasteiger partial charge on any atom is 0.229 e. The van der Waals surface area contributed by atoms with E-state index in [9.17, 15) is 9.59 Å². The quantitative estimate of drug-likeness (QED) is 0.680. The van der Waals surface area contributed by atoms with Crippen LogP contribution >= 0.6 is 12.4 Å². The molecule has 1 aromatic carbocycles. The molecular weight excluding hydrogens is 380 g/mol. The topological polar surface area (TPSA) is 101 Å². The molecule has 0 saturated carbocycles. The first-order valence-electron chi connectivity index (χ1n) is 9.26.